The van der Waals surface area contributed by atoms with Crippen molar-refractivity contribution in [2.45, 2.75) is 19.4 Å². The minimum atomic E-state index is -0.339. The number of hydrogen-bond acceptors (Lipinski definition) is 3. The van der Waals surface area contributed by atoms with E-state index in [9.17, 15) is 9.50 Å². The number of phenols is 1. The van der Waals surface area contributed by atoms with Gasteiger partial charge < -0.3 is 14.7 Å². The molecule has 0 aromatic heterocycles. The summed E-state index contributed by atoms with van der Waals surface area (Å²) < 4.78 is 19.2. The molecule has 0 aliphatic carbocycles. The summed E-state index contributed by atoms with van der Waals surface area (Å²) >= 11 is 0. The van der Waals surface area contributed by atoms with E-state index in [0.717, 1.165) is 24.4 Å². The Morgan fingerprint density at radius 3 is 2.90 bits per heavy atom. The highest BCUT2D eigenvalue weighted by Gasteiger charge is 2.23. The molecule has 4 heteroatoms. The molecule has 0 radical (unpaired) electrons. The molecule has 1 N–H and O–H groups in total. The summed E-state index contributed by atoms with van der Waals surface area (Å²) in [4.78, 5) is 2.15. The van der Waals surface area contributed by atoms with Gasteiger partial charge in [0, 0.05) is 12.1 Å². The van der Waals surface area contributed by atoms with Gasteiger partial charge in [0.2, 0.25) is 0 Å². The molecular weight excluding hydrogens is 269 g/mol. The van der Waals surface area contributed by atoms with Crippen LogP contribution in [0.4, 0.5) is 10.1 Å². The summed E-state index contributed by atoms with van der Waals surface area (Å²) in [5.74, 6) is 0.610. The minimum absolute atomic E-state index is 0.117. The van der Waals surface area contributed by atoms with E-state index < -0.39 is 0 Å². The predicted octanol–water partition coefficient (Wildman–Crippen LogP) is 3.88. The highest BCUT2D eigenvalue weighted by molar-refractivity contribution is 5.60. The zero-order chi connectivity index (χ0) is 14.8. The van der Waals surface area contributed by atoms with Crippen molar-refractivity contribution in [2.75, 3.05) is 18.1 Å². The number of anilines is 1. The van der Waals surface area contributed by atoms with Crippen LogP contribution < -0.4 is 9.64 Å². The van der Waals surface area contributed by atoms with Crippen molar-refractivity contribution in [3.63, 3.8) is 0 Å². The largest absolute Gasteiger partial charge is 0.508 e. The number of halogens is 1. The maximum Gasteiger partial charge on any atom is 0.142 e. The number of rotatable bonds is 2. The Bertz CT molecular complexity index is 644. The third-order valence-electron chi connectivity index (χ3n) is 3.88. The quantitative estimate of drug-likeness (QED) is 0.909. The number of phenolic OH excluding ortho intramolecular Hbond substituents is 1. The van der Waals surface area contributed by atoms with Crippen LogP contribution in [0.15, 0.2) is 42.5 Å². The summed E-state index contributed by atoms with van der Waals surface area (Å²) in [6, 6.07) is 11.8. The summed E-state index contributed by atoms with van der Waals surface area (Å²) in [7, 11) is 0. The molecule has 0 bridgehead atoms. The van der Waals surface area contributed by atoms with Gasteiger partial charge in [-0.25, -0.2) is 4.39 Å². The van der Waals surface area contributed by atoms with Crippen LogP contribution in [0.1, 0.15) is 24.9 Å². The van der Waals surface area contributed by atoms with E-state index in [1.54, 1.807) is 0 Å². The molecule has 21 heavy (non-hydrogen) atoms. The van der Waals surface area contributed by atoms with Crippen LogP contribution in [0.25, 0.3) is 0 Å². The van der Waals surface area contributed by atoms with Gasteiger partial charge >= 0.3 is 0 Å². The van der Waals surface area contributed by atoms with Gasteiger partial charge in [-0.05, 0) is 43.7 Å². The maximum atomic E-state index is 13.5. The lowest BCUT2D eigenvalue weighted by atomic mass is 10.0. The average molecular weight is 287 g/mol. The summed E-state index contributed by atoms with van der Waals surface area (Å²) in [6.07, 6.45) is 0.884. The van der Waals surface area contributed by atoms with Crippen molar-refractivity contribution in [3.8, 4) is 11.5 Å². The Kier molecular flexibility index (Phi) is 3.69. The lowest BCUT2D eigenvalue weighted by Crippen LogP contribution is -2.27. The Labute approximate surface area is 123 Å². The molecular formula is C17H18FNO2. The van der Waals surface area contributed by atoms with Crippen LogP contribution in [0.2, 0.25) is 0 Å². The van der Waals surface area contributed by atoms with Gasteiger partial charge in [-0.3, -0.25) is 0 Å². The minimum Gasteiger partial charge on any atom is -0.508 e. The van der Waals surface area contributed by atoms with Crippen molar-refractivity contribution in [3.05, 3.63) is 53.8 Å². The highest BCUT2D eigenvalue weighted by Crippen LogP contribution is 2.38. The second-order valence-electron chi connectivity index (χ2n) is 5.24. The van der Waals surface area contributed by atoms with E-state index in [4.69, 9.17) is 4.74 Å². The first kappa shape index (κ1) is 13.7. The smallest absolute Gasteiger partial charge is 0.142 e. The number of aromatic hydroxyl groups is 1. The molecule has 3 nitrogen and oxygen atoms in total. The van der Waals surface area contributed by atoms with Gasteiger partial charge in [-0.2, -0.15) is 0 Å². The molecule has 1 unspecified atom stereocenters. The molecule has 3 rings (SSSR count). The van der Waals surface area contributed by atoms with Gasteiger partial charge in [-0.15, -0.1) is 0 Å². The zero-order valence-corrected chi connectivity index (χ0v) is 11.9. The number of para-hydroxylation sites is 2. The first-order chi connectivity index (χ1) is 10.2. The van der Waals surface area contributed by atoms with Gasteiger partial charge in [0.25, 0.3) is 0 Å². The fourth-order valence-electron chi connectivity index (χ4n) is 2.78. The molecule has 0 amide bonds. The molecule has 0 fully saturated rings. The lowest BCUT2D eigenvalue weighted by molar-refractivity contribution is 0.322. The Morgan fingerprint density at radius 1 is 1.24 bits per heavy atom. The van der Waals surface area contributed by atoms with Crippen molar-refractivity contribution < 1.29 is 14.2 Å². The SMILES string of the molecule is CC(c1cc(F)ccc1O)N1CCCOc2ccccc21. The maximum absolute atomic E-state index is 13.5. The normalized spacial score (nSPS) is 15.8. The van der Waals surface area contributed by atoms with Gasteiger partial charge in [0.05, 0.1) is 18.3 Å². The van der Waals surface area contributed by atoms with E-state index in [-0.39, 0.29) is 17.6 Å². The fourth-order valence-corrected chi connectivity index (χ4v) is 2.78. The van der Waals surface area contributed by atoms with Gasteiger partial charge in [0.15, 0.2) is 0 Å². The molecule has 2 aromatic carbocycles. The molecule has 0 saturated heterocycles. The van der Waals surface area contributed by atoms with Gasteiger partial charge in [-0.1, -0.05) is 12.1 Å². The van der Waals surface area contributed by atoms with Crippen LogP contribution in [0, 0.1) is 5.82 Å². The van der Waals surface area contributed by atoms with Crippen molar-refractivity contribution >= 4 is 5.69 Å². The number of nitrogens with zero attached hydrogens (tertiary/aromatic N) is 1. The molecule has 0 spiro atoms. The molecule has 2 aromatic rings. The standard InChI is InChI=1S/C17H18FNO2/c1-12(14-11-13(18)7-8-16(14)20)19-9-4-10-21-17-6-3-2-5-15(17)19/h2-3,5-8,11-12,20H,4,9-10H2,1H3. The number of ether oxygens (including phenoxy) is 1. The predicted molar refractivity (Wildman–Crippen MR) is 80.4 cm³/mol. The second kappa shape index (κ2) is 5.64. The first-order valence-electron chi connectivity index (χ1n) is 7.13. The van der Waals surface area contributed by atoms with Crippen molar-refractivity contribution in [2.24, 2.45) is 0 Å². The molecule has 0 saturated carbocycles. The Hall–Kier alpha value is -2.23. The molecule has 1 atom stereocenters. The monoisotopic (exact) mass is 287 g/mol. The van der Waals surface area contributed by atoms with Crippen LogP contribution in [0.5, 0.6) is 11.5 Å². The molecule has 110 valence electrons. The second-order valence-corrected chi connectivity index (χ2v) is 5.24. The third kappa shape index (κ3) is 2.66. The first-order valence-corrected chi connectivity index (χ1v) is 7.13. The van der Waals surface area contributed by atoms with E-state index in [1.165, 1.54) is 18.2 Å². The lowest BCUT2D eigenvalue weighted by Gasteiger charge is -2.31. The van der Waals surface area contributed by atoms with E-state index in [1.807, 2.05) is 31.2 Å². The van der Waals surface area contributed by atoms with Crippen LogP contribution in [0.3, 0.4) is 0 Å². The summed E-state index contributed by atoms with van der Waals surface area (Å²) in [5, 5.41) is 10.0. The number of hydrogen-bond donors (Lipinski definition) is 1. The molecule has 1 aliphatic heterocycles. The molecule has 1 heterocycles. The van der Waals surface area contributed by atoms with Gasteiger partial charge in [0.1, 0.15) is 17.3 Å². The summed E-state index contributed by atoms with van der Waals surface area (Å²) in [5.41, 5.74) is 1.57. The highest BCUT2D eigenvalue weighted by atomic mass is 19.1. The third-order valence-corrected chi connectivity index (χ3v) is 3.88. The van der Waals surface area contributed by atoms with Crippen molar-refractivity contribution in [1.29, 1.82) is 0 Å². The Balaban J connectivity index is 2.01. The average Bonchev–Trinajstić information content (AvgIpc) is 2.71. The van der Waals surface area contributed by atoms with E-state index in [2.05, 4.69) is 4.90 Å². The Morgan fingerprint density at radius 2 is 2.05 bits per heavy atom. The van der Waals surface area contributed by atoms with Crippen LogP contribution >= 0.6 is 0 Å². The van der Waals surface area contributed by atoms with Crippen LogP contribution in [-0.2, 0) is 0 Å². The van der Waals surface area contributed by atoms with Crippen LogP contribution in [-0.4, -0.2) is 18.3 Å². The number of fused-ring (bicyclic) bond motifs is 1. The van der Waals surface area contributed by atoms with E-state index in [0.29, 0.717) is 12.2 Å². The summed E-state index contributed by atoms with van der Waals surface area (Å²) in [6.45, 7) is 3.43. The number of benzene rings is 2. The molecule has 1 aliphatic rings. The topological polar surface area (TPSA) is 32.7 Å². The van der Waals surface area contributed by atoms with Crippen molar-refractivity contribution in [1.82, 2.24) is 0 Å². The van der Waals surface area contributed by atoms with E-state index >= 15 is 0 Å². The zero-order valence-electron chi connectivity index (χ0n) is 11.9. The fraction of sp³-hybridized carbons (Fsp3) is 0.294.